The number of hydrogen-bond acceptors (Lipinski definition) is 4. The fourth-order valence-electron chi connectivity index (χ4n) is 7.89. The first-order valence-electron chi connectivity index (χ1n) is 17.0. The van der Waals surface area contributed by atoms with E-state index in [1.807, 2.05) is 36.4 Å². The van der Waals surface area contributed by atoms with Crippen LogP contribution in [0.3, 0.4) is 0 Å². The average Bonchev–Trinajstić information content (AvgIpc) is 3.83. The van der Waals surface area contributed by atoms with Gasteiger partial charge in [-0.25, -0.2) is 4.98 Å². The van der Waals surface area contributed by atoms with Crippen molar-refractivity contribution in [2.75, 3.05) is 4.90 Å². The Morgan fingerprint density at radius 3 is 2.12 bits per heavy atom. The van der Waals surface area contributed by atoms with E-state index in [0.717, 1.165) is 61.2 Å². The number of nitrogens with zero attached hydrogens (tertiary/aromatic N) is 2. The van der Waals surface area contributed by atoms with Crippen LogP contribution < -0.4 is 15.3 Å². The highest BCUT2D eigenvalue weighted by molar-refractivity contribution is 7.03. The quantitative estimate of drug-likeness (QED) is 0.172. The van der Waals surface area contributed by atoms with E-state index in [2.05, 4.69) is 139 Å². The molecule has 7 aromatic carbocycles. The third-order valence-electron chi connectivity index (χ3n) is 10.3. The number of furan rings is 1. The molecule has 0 N–H and O–H groups in total. The Bertz CT molecular complexity index is 2730. The van der Waals surface area contributed by atoms with Gasteiger partial charge in [-0.3, -0.25) is 0 Å². The van der Waals surface area contributed by atoms with Crippen molar-refractivity contribution in [2.24, 2.45) is 0 Å². The second-order valence-electron chi connectivity index (χ2n) is 13.6. The van der Waals surface area contributed by atoms with Gasteiger partial charge in [-0.05, 0) is 87.2 Å². The highest BCUT2D eigenvalue weighted by Crippen LogP contribution is 2.45. The molecule has 5 heteroatoms. The number of fused-ring (bicyclic) bond motifs is 7. The molecule has 0 amide bonds. The summed E-state index contributed by atoms with van der Waals surface area (Å²) in [6.45, 7) is 4.94. The molecule has 3 heterocycles. The smallest absolute Gasteiger partial charge is 0.228 e. The molecule has 0 radical (unpaired) electrons. The average molecular weight is 661 g/mol. The van der Waals surface area contributed by atoms with Crippen molar-refractivity contribution in [1.29, 1.82) is 0 Å². The maximum Gasteiger partial charge on any atom is 0.228 e. The predicted octanol–water partition coefficient (Wildman–Crippen LogP) is 11.3. The molecular formula is C45H32N2O2Si. The molecule has 238 valence electrons. The summed E-state index contributed by atoms with van der Waals surface area (Å²) in [7, 11) is -1.93. The second kappa shape index (κ2) is 10.9. The van der Waals surface area contributed by atoms with Gasteiger partial charge in [0, 0.05) is 27.7 Å². The molecule has 1 aliphatic rings. The van der Waals surface area contributed by atoms with Crippen LogP contribution in [0.1, 0.15) is 0 Å². The van der Waals surface area contributed by atoms with E-state index in [1.54, 1.807) is 0 Å². The fourth-order valence-corrected chi connectivity index (χ4v) is 11.0. The summed E-state index contributed by atoms with van der Waals surface area (Å²) in [5.74, 6) is 0.586. The number of hydrogen-bond donors (Lipinski definition) is 0. The molecule has 0 saturated carbocycles. The molecule has 0 unspecified atom stereocenters. The summed E-state index contributed by atoms with van der Waals surface area (Å²) >= 11 is 0. The van der Waals surface area contributed by atoms with Crippen molar-refractivity contribution in [3.05, 3.63) is 158 Å². The summed E-state index contributed by atoms with van der Waals surface area (Å²) in [5, 5.41) is 4.96. The molecule has 50 heavy (non-hydrogen) atoms. The summed E-state index contributed by atoms with van der Waals surface area (Å²) in [5.41, 5.74) is 12.3. The van der Waals surface area contributed by atoms with Crippen LogP contribution in [0.2, 0.25) is 13.1 Å². The predicted molar refractivity (Wildman–Crippen MR) is 209 cm³/mol. The normalized spacial score (nSPS) is 13.2. The Balaban J connectivity index is 1.21. The largest absolute Gasteiger partial charge is 0.454 e. The minimum absolute atomic E-state index is 0.586. The van der Waals surface area contributed by atoms with Crippen molar-refractivity contribution in [3.8, 4) is 33.7 Å². The van der Waals surface area contributed by atoms with Gasteiger partial charge in [0.15, 0.2) is 11.2 Å². The van der Waals surface area contributed by atoms with Crippen LogP contribution in [0.15, 0.2) is 167 Å². The molecule has 9 aromatic rings. The highest BCUT2D eigenvalue weighted by atomic mass is 28.3. The first kappa shape index (κ1) is 28.8. The zero-order valence-corrected chi connectivity index (χ0v) is 28.7. The third-order valence-corrected chi connectivity index (χ3v) is 13.8. The lowest BCUT2D eigenvalue weighted by atomic mass is 10.0. The Morgan fingerprint density at radius 1 is 0.520 bits per heavy atom. The van der Waals surface area contributed by atoms with Gasteiger partial charge in [0.25, 0.3) is 0 Å². The van der Waals surface area contributed by atoms with Gasteiger partial charge in [0.05, 0.1) is 5.69 Å². The summed E-state index contributed by atoms with van der Waals surface area (Å²) in [6.07, 6.45) is 0. The number of anilines is 3. The Hall–Kier alpha value is -6.17. The maximum atomic E-state index is 6.84. The number of benzene rings is 7. The first-order chi connectivity index (χ1) is 24.5. The molecular weight excluding hydrogens is 629 g/mol. The molecule has 0 saturated heterocycles. The van der Waals surface area contributed by atoms with Crippen LogP contribution in [-0.4, -0.2) is 13.1 Å². The zero-order chi connectivity index (χ0) is 33.4. The summed E-state index contributed by atoms with van der Waals surface area (Å²) in [4.78, 5) is 7.22. The van der Waals surface area contributed by atoms with E-state index < -0.39 is 8.07 Å². The van der Waals surface area contributed by atoms with Gasteiger partial charge < -0.3 is 13.7 Å². The lowest BCUT2D eigenvalue weighted by Gasteiger charge is -2.28. The molecule has 0 atom stereocenters. The van der Waals surface area contributed by atoms with Crippen molar-refractivity contribution in [3.63, 3.8) is 0 Å². The lowest BCUT2D eigenvalue weighted by Crippen LogP contribution is -2.49. The first-order valence-corrected chi connectivity index (χ1v) is 20.0. The fraction of sp³-hybridized carbons (Fsp3) is 0.0444. The molecule has 0 aliphatic carbocycles. The zero-order valence-electron chi connectivity index (χ0n) is 27.7. The molecule has 0 bridgehead atoms. The maximum absolute atomic E-state index is 6.84. The van der Waals surface area contributed by atoms with Crippen LogP contribution in [0, 0.1) is 0 Å². The standard InChI is InChI=1S/C45H32N2O2Si/c1-50(2)41-24-9-6-17-33(41)34-26-25-32(28-42(34)50)47(31-16-10-15-30(27-31)29-13-4-3-5-14-29)38-21-11-18-35-43-36(19-12-23-40(43)48-44(35)38)45-46-37-20-7-8-22-39(37)49-45/h3-28H,1-2H3. The summed E-state index contributed by atoms with van der Waals surface area (Å²) < 4.78 is 13.1. The van der Waals surface area contributed by atoms with Crippen LogP contribution in [0.25, 0.3) is 66.7 Å². The van der Waals surface area contributed by atoms with Crippen LogP contribution in [-0.2, 0) is 0 Å². The van der Waals surface area contributed by atoms with E-state index in [0.29, 0.717) is 5.89 Å². The van der Waals surface area contributed by atoms with E-state index in [4.69, 9.17) is 13.8 Å². The van der Waals surface area contributed by atoms with Crippen molar-refractivity contribution in [1.82, 2.24) is 4.98 Å². The Kier molecular flexibility index (Phi) is 6.29. The van der Waals surface area contributed by atoms with Crippen molar-refractivity contribution >= 4 is 68.5 Å². The van der Waals surface area contributed by atoms with Gasteiger partial charge in [0.1, 0.15) is 19.2 Å². The van der Waals surface area contributed by atoms with Crippen LogP contribution >= 0.6 is 0 Å². The van der Waals surface area contributed by atoms with Crippen molar-refractivity contribution in [2.45, 2.75) is 13.1 Å². The molecule has 0 fully saturated rings. The monoisotopic (exact) mass is 660 g/mol. The third kappa shape index (κ3) is 4.33. The van der Waals surface area contributed by atoms with Gasteiger partial charge >= 0.3 is 0 Å². The minimum Gasteiger partial charge on any atom is -0.454 e. The van der Waals surface area contributed by atoms with E-state index in [1.165, 1.54) is 27.1 Å². The van der Waals surface area contributed by atoms with Crippen LogP contribution in [0.5, 0.6) is 0 Å². The number of para-hydroxylation sites is 3. The van der Waals surface area contributed by atoms with Gasteiger partial charge in [-0.2, -0.15) is 0 Å². The Labute approximate surface area is 290 Å². The molecule has 10 rings (SSSR count). The van der Waals surface area contributed by atoms with Gasteiger partial charge in [0.2, 0.25) is 5.89 Å². The number of aromatic nitrogens is 1. The molecule has 2 aromatic heterocycles. The lowest BCUT2D eigenvalue weighted by molar-refractivity contribution is 0.620. The number of rotatable bonds is 5. The highest BCUT2D eigenvalue weighted by Gasteiger charge is 2.37. The van der Waals surface area contributed by atoms with Crippen molar-refractivity contribution < 1.29 is 8.83 Å². The molecule has 1 aliphatic heterocycles. The molecule has 0 spiro atoms. The molecule has 4 nitrogen and oxygen atoms in total. The summed E-state index contributed by atoms with van der Waals surface area (Å²) in [6, 6.07) is 55.8. The van der Waals surface area contributed by atoms with E-state index in [9.17, 15) is 0 Å². The number of oxazole rings is 1. The van der Waals surface area contributed by atoms with Gasteiger partial charge in [-0.15, -0.1) is 0 Å². The van der Waals surface area contributed by atoms with Crippen LogP contribution in [0.4, 0.5) is 17.1 Å². The van der Waals surface area contributed by atoms with E-state index >= 15 is 0 Å². The minimum atomic E-state index is -1.93. The topological polar surface area (TPSA) is 42.4 Å². The second-order valence-corrected chi connectivity index (χ2v) is 17.9. The van der Waals surface area contributed by atoms with E-state index in [-0.39, 0.29) is 0 Å². The van der Waals surface area contributed by atoms with Gasteiger partial charge in [-0.1, -0.05) is 116 Å². The Morgan fingerprint density at radius 2 is 1.22 bits per heavy atom. The SMILES string of the molecule is C[Si]1(C)c2ccccc2-c2ccc(N(c3cccc(-c4ccccc4)c3)c3cccc4c3oc3cccc(-c5nc6ccccc6o5)c34)cc21.